The molecule has 0 saturated heterocycles. The molecule has 0 radical (unpaired) electrons. The van der Waals surface area contributed by atoms with Crippen molar-refractivity contribution in [3.05, 3.63) is 40.0 Å². The van der Waals surface area contributed by atoms with E-state index in [0.717, 1.165) is 16.6 Å². The van der Waals surface area contributed by atoms with Gasteiger partial charge in [-0.15, -0.1) is 0 Å². The van der Waals surface area contributed by atoms with Crippen LogP contribution in [0.2, 0.25) is 10.0 Å². The van der Waals surface area contributed by atoms with Crippen molar-refractivity contribution in [1.82, 2.24) is 4.98 Å². The van der Waals surface area contributed by atoms with E-state index in [0.29, 0.717) is 16.5 Å². The fourth-order valence-electron chi connectivity index (χ4n) is 1.63. The maximum Gasteiger partial charge on any atom is 0.0721 e. The highest BCUT2D eigenvalue weighted by atomic mass is 35.5. The number of pyridine rings is 1. The molecule has 17 heavy (non-hydrogen) atoms. The Morgan fingerprint density at radius 1 is 1.29 bits per heavy atom. The van der Waals surface area contributed by atoms with Gasteiger partial charge in [-0.25, -0.2) is 0 Å². The first-order valence-corrected chi connectivity index (χ1v) is 6.00. The summed E-state index contributed by atoms with van der Waals surface area (Å²) in [6, 6.07) is 9.61. The van der Waals surface area contributed by atoms with Gasteiger partial charge in [-0.1, -0.05) is 29.3 Å². The van der Waals surface area contributed by atoms with Crippen LogP contribution < -0.4 is 0 Å². The Morgan fingerprint density at radius 2 is 2.00 bits per heavy atom. The molecule has 2 rings (SSSR count). The summed E-state index contributed by atoms with van der Waals surface area (Å²) >= 11 is 11.9. The van der Waals surface area contributed by atoms with Gasteiger partial charge in [0.15, 0.2) is 0 Å². The van der Waals surface area contributed by atoms with E-state index in [1.54, 1.807) is 12.1 Å². The van der Waals surface area contributed by atoms with Gasteiger partial charge in [0.25, 0.3) is 0 Å². The predicted octanol–water partition coefficient (Wildman–Crippen LogP) is 4.24. The third-order valence-electron chi connectivity index (χ3n) is 2.52. The van der Waals surface area contributed by atoms with Gasteiger partial charge in [0, 0.05) is 23.4 Å². The molecule has 2 nitrogen and oxygen atoms in total. The average molecular weight is 265 g/mol. The first-order chi connectivity index (χ1) is 8.10. The van der Waals surface area contributed by atoms with Crippen molar-refractivity contribution in [3.8, 4) is 6.07 Å². The quantitative estimate of drug-likeness (QED) is 0.814. The van der Waals surface area contributed by atoms with E-state index >= 15 is 0 Å². The van der Waals surface area contributed by atoms with Crippen molar-refractivity contribution >= 4 is 34.1 Å². The smallest absolute Gasteiger partial charge is 0.0721 e. The summed E-state index contributed by atoms with van der Waals surface area (Å²) in [5, 5.41) is 10.7. The molecule has 0 amide bonds. The van der Waals surface area contributed by atoms with Gasteiger partial charge in [0.2, 0.25) is 0 Å². The van der Waals surface area contributed by atoms with Gasteiger partial charge in [-0.2, -0.15) is 5.26 Å². The second-order valence-electron chi connectivity index (χ2n) is 4.00. The molecule has 1 unspecified atom stereocenters. The Labute approximate surface area is 110 Å². The van der Waals surface area contributed by atoms with Crippen molar-refractivity contribution in [2.75, 3.05) is 0 Å². The van der Waals surface area contributed by atoms with Crippen LogP contribution in [-0.2, 0) is 6.42 Å². The number of nitrogens with zero attached hydrogens (tertiary/aromatic N) is 2. The first kappa shape index (κ1) is 12.2. The molecule has 2 aromatic rings. The molecule has 0 spiro atoms. The van der Waals surface area contributed by atoms with E-state index in [1.165, 1.54) is 0 Å². The minimum absolute atomic E-state index is 0.0391. The second-order valence-corrected chi connectivity index (χ2v) is 4.81. The fraction of sp³-hybridized carbons (Fsp3) is 0.231. The van der Waals surface area contributed by atoms with Gasteiger partial charge in [0.05, 0.1) is 21.6 Å². The topological polar surface area (TPSA) is 36.7 Å². The number of benzene rings is 1. The molecule has 0 aliphatic rings. The Morgan fingerprint density at radius 3 is 2.71 bits per heavy atom. The Bertz CT molecular complexity index is 602. The molecule has 0 N–H and O–H groups in total. The van der Waals surface area contributed by atoms with Crippen molar-refractivity contribution in [2.45, 2.75) is 13.3 Å². The molecule has 0 saturated carbocycles. The number of halogens is 2. The predicted molar refractivity (Wildman–Crippen MR) is 70.2 cm³/mol. The second kappa shape index (κ2) is 4.91. The van der Waals surface area contributed by atoms with Gasteiger partial charge in [-0.05, 0) is 25.1 Å². The highest BCUT2D eigenvalue weighted by Crippen LogP contribution is 2.27. The van der Waals surface area contributed by atoms with E-state index in [1.807, 2.05) is 19.1 Å². The van der Waals surface area contributed by atoms with Crippen LogP contribution >= 0.6 is 23.2 Å². The lowest BCUT2D eigenvalue weighted by Gasteiger charge is -2.05. The summed E-state index contributed by atoms with van der Waals surface area (Å²) in [6.07, 6.45) is 0.646. The molecular weight excluding hydrogens is 255 g/mol. The monoisotopic (exact) mass is 264 g/mol. The molecular formula is C13H10Cl2N2. The average Bonchev–Trinajstić information content (AvgIpc) is 2.31. The number of fused-ring (bicyclic) bond motifs is 1. The molecule has 1 heterocycles. The van der Waals surface area contributed by atoms with Gasteiger partial charge >= 0.3 is 0 Å². The lowest BCUT2D eigenvalue weighted by Crippen LogP contribution is -1.98. The Hall–Kier alpha value is -1.30. The number of hydrogen-bond donors (Lipinski definition) is 0. The third-order valence-corrected chi connectivity index (χ3v) is 3.25. The number of hydrogen-bond acceptors (Lipinski definition) is 2. The zero-order valence-electron chi connectivity index (χ0n) is 9.24. The summed E-state index contributed by atoms with van der Waals surface area (Å²) < 4.78 is 0. The van der Waals surface area contributed by atoms with Gasteiger partial charge < -0.3 is 0 Å². The zero-order valence-corrected chi connectivity index (χ0v) is 10.8. The van der Waals surface area contributed by atoms with Crippen molar-refractivity contribution < 1.29 is 0 Å². The van der Waals surface area contributed by atoms with Crippen LogP contribution in [0.3, 0.4) is 0 Å². The molecule has 0 fully saturated rings. The van der Waals surface area contributed by atoms with Crippen LogP contribution in [0.5, 0.6) is 0 Å². The first-order valence-electron chi connectivity index (χ1n) is 5.24. The molecule has 0 bridgehead atoms. The van der Waals surface area contributed by atoms with Gasteiger partial charge in [-0.3, -0.25) is 4.98 Å². The number of nitriles is 1. The van der Waals surface area contributed by atoms with Crippen molar-refractivity contribution in [2.24, 2.45) is 5.92 Å². The van der Waals surface area contributed by atoms with E-state index in [9.17, 15) is 0 Å². The zero-order chi connectivity index (χ0) is 12.4. The molecule has 1 aromatic carbocycles. The van der Waals surface area contributed by atoms with Crippen LogP contribution in [0.25, 0.3) is 10.9 Å². The van der Waals surface area contributed by atoms with E-state index in [-0.39, 0.29) is 5.92 Å². The molecule has 86 valence electrons. The standard InChI is InChI=1S/C13H10Cl2N2/c1-8(7-16)4-10-3-2-9-5-11(14)12(15)6-13(9)17-10/h2-3,5-6,8H,4H2,1H3. The van der Waals surface area contributed by atoms with Crippen LogP contribution in [0.4, 0.5) is 0 Å². The van der Waals surface area contributed by atoms with Crippen LogP contribution in [0.1, 0.15) is 12.6 Å². The fourth-order valence-corrected chi connectivity index (χ4v) is 1.96. The maximum absolute atomic E-state index is 8.77. The Balaban J connectivity index is 2.44. The van der Waals surface area contributed by atoms with E-state index in [4.69, 9.17) is 28.5 Å². The number of rotatable bonds is 2. The summed E-state index contributed by atoms with van der Waals surface area (Å²) in [4.78, 5) is 4.47. The highest BCUT2D eigenvalue weighted by molar-refractivity contribution is 6.42. The van der Waals surface area contributed by atoms with Crippen LogP contribution in [0.15, 0.2) is 24.3 Å². The third kappa shape index (κ3) is 2.69. The summed E-state index contributed by atoms with van der Waals surface area (Å²) in [5.41, 5.74) is 1.70. The van der Waals surface area contributed by atoms with Crippen LogP contribution in [-0.4, -0.2) is 4.98 Å². The van der Waals surface area contributed by atoms with Crippen molar-refractivity contribution in [3.63, 3.8) is 0 Å². The Kier molecular flexibility index (Phi) is 3.51. The summed E-state index contributed by atoms with van der Waals surface area (Å²) in [6.45, 7) is 1.88. The largest absolute Gasteiger partial charge is 0.253 e. The lowest BCUT2D eigenvalue weighted by molar-refractivity contribution is 0.724. The van der Waals surface area contributed by atoms with E-state index < -0.39 is 0 Å². The van der Waals surface area contributed by atoms with Crippen LogP contribution in [0, 0.1) is 17.2 Å². The minimum Gasteiger partial charge on any atom is -0.253 e. The summed E-state index contributed by atoms with van der Waals surface area (Å²) in [7, 11) is 0. The molecule has 1 aromatic heterocycles. The van der Waals surface area contributed by atoms with E-state index in [2.05, 4.69) is 11.1 Å². The number of aromatic nitrogens is 1. The SMILES string of the molecule is CC(C#N)Cc1ccc2cc(Cl)c(Cl)cc2n1. The minimum atomic E-state index is -0.0391. The lowest BCUT2D eigenvalue weighted by atomic mass is 10.1. The molecule has 0 aliphatic heterocycles. The maximum atomic E-state index is 8.77. The molecule has 1 atom stereocenters. The summed E-state index contributed by atoms with van der Waals surface area (Å²) in [5.74, 6) is -0.0391. The molecule has 4 heteroatoms. The highest BCUT2D eigenvalue weighted by Gasteiger charge is 2.06. The van der Waals surface area contributed by atoms with Crippen molar-refractivity contribution in [1.29, 1.82) is 5.26 Å². The normalized spacial score (nSPS) is 12.4. The van der Waals surface area contributed by atoms with Gasteiger partial charge in [0.1, 0.15) is 0 Å². The molecule has 0 aliphatic carbocycles.